The van der Waals surface area contributed by atoms with Gasteiger partial charge in [0.05, 0.1) is 6.04 Å². The molecule has 0 aromatic heterocycles. The molecule has 0 saturated heterocycles. The second-order valence-corrected chi connectivity index (χ2v) is 6.82. The number of fused-ring (bicyclic) bond motifs is 1. The fraction of sp³-hybridized carbons (Fsp3) is 0.261. The van der Waals surface area contributed by atoms with Gasteiger partial charge in [-0.15, -0.1) is 0 Å². The summed E-state index contributed by atoms with van der Waals surface area (Å²) in [6.07, 6.45) is 0. The molecule has 0 aliphatic heterocycles. The Labute approximate surface area is 161 Å². The number of anilines is 1. The highest BCUT2D eigenvalue weighted by molar-refractivity contribution is 5.97. The summed E-state index contributed by atoms with van der Waals surface area (Å²) in [5, 5.41) is 12.0. The van der Waals surface area contributed by atoms with Crippen molar-refractivity contribution in [2.75, 3.05) is 25.5 Å². The normalized spacial score (nSPS) is 12.0. The maximum absolute atomic E-state index is 12.9. The van der Waals surface area contributed by atoms with Gasteiger partial charge in [0.2, 0.25) is 0 Å². The van der Waals surface area contributed by atoms with Crippen molar-refractivity contribution in [2.45, 2.75) is 19.9 Å². The zero-order valence-electron chi connectivity index (χ0n) is 16.2. The van der Waals surface area contributed by atoms with Crippen molar-refractivity contribution < 1.29 is 4.79 Å². The second kappa shape index (κ2) is 8.69. The maximum Gasteiger partial charge on any atom is 0.252 e. The van der Waals surface area contributed by atoms with Crippen molar-refractivity contribution in [3.05, 3.63) is 77.4 Å². The van der Waals surface area contributed by atoms with E-state index in [-0.39, 0.29) is 11.9 Å². The van der Waals surface area contributed by atoms with Crippen molar-refractivity contribution >= 4 is 22.4 Å². The minimum Gasteiger partial charge on any atom is -0.384 e. The van der Waals surface area contributed by atoms with Gasteiger partial charge in [0.25, 0.3) is 5.91 Å². The first-order chi connectivity index (χ1) is 13.1. The van der Waals surface area contributed by atoms with Crippen LogP contribution in [0.4, 0.5) is 5.69 Å². The lowest BCUT2D eigenvalue weighted by Crippen LogP contribution is -2.27. The van der Waals surface area contributed by atoms with Crippen LogP contribution in [0.15, 0.2) is 60.7 Å². The van der Waals surface area contributed by atoms with Crippen LogP contribution in [0.1, 0.15) is 34.5 Å². The minimum atomic E-state index is -0.0797. The SMILES string of the molecule is CNCCNc1ccc(C)c(C(=O)N[C@H](C)c2cccc3ccccc23)c1. The average molecular weight is 361 g/mol. The van der Waals surface area contributed by atoms with E-state index in [0.29, 0.717) is 5.56 Å². The van der Waals surface area contributed by atoms with E-state index in [0.717, 1.165) is 29.9 Å². The highest BCUT2D eigenvalue weighted by Gasteiger charge is 2.15. The third kappa shape index (κ3) is 4.47. The molecule has 0 bridgehead atoms. The van der Waals surface area contributed by atoms with Crippen LogP contribution in [0.3, 0.4) is 0 Å². The van der Waals surface area contributed by atoms with Gasteiger partial charge in [-0.2, -0.15) is 0 Å². The molecule has 0 aliphatic carbocycles. The maximum atomic E-state index is 12.9. The average Bonchev–Trinajstić information content (AvgIpc) is 2.68. The predicted molar refractivity (Wildman–Crippen MR) is 113 cm³/mol. The summed E-state index contributed by atoms with van der Waals surface area (Å²) in [6, 6.07) is 20.3. The molecule has 0 heterocycles. The molecular weight excluding hydrogens is 334 g/mol. The third-order valence-corrected chi connectivity index (χ3v) is 4.82. The van der Waals surface area contributed by atoms with Crippen LogP contribution in [0.25, 0.3) is 10.8 Å². The lowest BCUT2D eigenvalue weighted by molar-refractivity contribution is 0.0939. The number of aryl methyl sites for hydroxylation is 1. The van der Waals surface area contributed by atoms with Crippen LogP contribution in [-0.2, 0) is 0 Å². The van der Waals surface area contributed by atoms with E-state index in [9.17, 15) is 4.79 Å². The molecule has 4 heteroatoms. The Morgan fingerprint density at radius 2 is 1.78 bits per heavy atom. The topological polar surface area (TPSA) is 53.2 Å². The summed E-state index contributed by atoms with van der Waals surface area (Å²) < 4.78 is 0. The molecule has 3 N–H and O–H groups in total. The van der Waals surface area contributed by atoms with E-state index in [1.54, 1.807) is 0 Å². The van der Waals surface area contributed by atoms with Crippen LogP contribution >= 0.6 is 0 Å². The number of carbonyl (C=O) groups excluding carboxylic acids is 1. The zero-order valence-corrected chi connectivity index (χ0v) is 16.2. The molecule has 3 aromatic rings. The summed E-state index contributed by atoms with van der Waals surface area (Å²) in [6.45, 7) is 5.68. The zero-order chi connectivity index (χ0) is 19.2. The summed E-state index contributed by atoms with van der Waals surface area (Å²) >= 11 is 0. The molecule has 0 aliphatic rings. The van der Waals surface area contributed by atoms with Crippen molar-refractivity contribution in [3.63, 3.8) is 0 Å². The number of hydrogen-bond donors (Lipinski definition) is 3. The molecule has 0 radical (unpaired) electrons. The molecule has 4 nitrogen and oxygen atoms in total. The number of rotatable bonds is 7. The van der Waals surface area contributed by atoms with Crippen LogP contribution < -0.4 is 16.0 Å². The Kier molecular flexibility index (Phi) is 6.09. The van der Waals surface area contributed by atoms with Gasteiger partial charge in [0, 0.05) is 24.3 Å². The Hall–Kier alpha value is -2.85. The van der Waals surface area contributed by atoms with Gasteiger partial charge in [0.1, 0.15) is 0 Å². The smallest absolute Gasteiger partial charge is 0.252 e. The summed E-state index contributed by atoms with van der Waals surface area (Å²) in [4.78, 5) is 12.9. The summed E-state index contributed by atoms with van der Waals surface area (Å²) in [5.74, 6) is -0.0507. The quantitative estimate of drug-likeness (QED) is 0.551. The Morgan fingerprint density at radius 3 is 2.59 bits per heavy atom. The number of likely N-dealkylation sites (N-methyl/N-ethyl adjacent to an activating group) is 1. The molecule has 0 saturated carbocycles. The van der Waals surface area contributed by atoms with Gasteiger partial charge in [0.15, 0.2) is 0 Å². The van der Waals surface area contributed by atoms with E-state index in [4.69, 9.17) is 0 Å². The van der Waals surface area contributed by atoms with E-state index < -0.39 is 0 Å². The Morgan fingerprint density at radius 1 is 1.00 bits per heavy atom. The standard InChI is InChI=1S/C23H27N3O/c1-16-11-12-19(25-14-13-24-3)15-22(16)23(27)26-17(2)20-10-6-8-18-7-4-5-9-21(18)20/h4-12,15,17,24-25H,13-14H2,1-3H3,(H,26,27)/t17-/m1/s1. The van der Waals surface area contributed by atoms with Crippen LogP contribution in [0, 0.1) is 6.92 Å². The highest BCUT2D eigenvalue weighted by Crippen LogP contribution is 2.25. The number of carbonyl (C=O) groups is 1. The van der Waals surface area contributed by atoms with Crippen molar-refractivity contribution in [1.29, 1.82) is 0 Å². The Balaban J connectivity index is 1.79. The first kappa shape index (κ1) is 18.9. The molecule has 1 amide bonds. The predicted octanol–water partition coefficient (Wildman–Crippen LogP) is 4.27. The molecule has 0 unspecified atom stereocenters. The van der Waals surface area contributed by atoms with Crippen LogP contribution in [-0.4, -0.2) is 26.0 Å². The van der Waals surface area contributed by atoms with E-state index >= 15 is 0 Å². The molecular formula is C23H27N3O. The van der Waals surface area contributed by atoms with E-state index in [1.807, 2.05) is 57.3 Å². The summed E-state index contributed by atoms with van der Waals surface area (Å²) in [7, 11) is 1.92. The summed E-state index contributed by atoms with van der Waals surface area (Å²) in [5.41, 5.74) is 3.76. The van der Waals surface area contributed by atoms with Gasteiger partial charge < -0.3 is 16.0 Å². The molecule has 0 spiro atoms. The molecule has 1 atom stereocenters. The van der Waals surface area contributed by atoms with Crippen molar-refractivity contribution in [2.24, 2.45) is 0 Å². The number of amides is 1. The van der Waals surface area contributed by atoms with Crippen molar-refractivity contribution in [3.8, 4) is 0 Å². The molecule has 140 valence electrons. The number of nitrogens with one attached hydrogen (secondary N) is 3. The molecule has 3 aromatic carbocycles. The molecule has 0 fully saturated rings. The lowest BCUT2D eigenvalue weighted by atomic mass is 9.99. The van der Waals surface area contributed by atoms with E-state index in [2.05, 4.69) is 40.2 Å². The molecule has 27 heavy (non-hydrogen) atoms. The first-order valence-corrected chi connectivity index (χ1v) is 9.38. The van der Waals surface area contributed by atoms with E-state index in [1.165, 1.54) is 10.8 Å². The van der Waals surface area contributed by atoms with Crippen molar-refractivity contribution in [1.82, 2.24) is 10.6 Å². The highest BCUT2D eigenvalue weighted by atomic mass is 16.1. The van der Waals surface area contributed by atoms with Gasteiger partial charge in [-0.25, -0.2) is 0 Å². The minimum absolute atomic E-state index is 0.0507. The Bertz CT molecular complexity index is 931. The molecule has 3 rings (SSSR count). The van der Waals surface area contributed by atoms with Crippen LogP contribution in [0.2, 0.25) is 0 Å². The van der Waals surface area contributed by atoms with Gasteiger partial charge in [-0.05, 0) is 54.9 Å². The monoisotopic (exact) mass is 361 g/mol. The van der Waals surface area contributed by atoms with Crippen LogP contribution in [0.5, 0.6) is 0 Å². The fourth-order valence-corrected chi connectivity index (χ4v) is 3.29. The number of hydrogen-bond acceptors (Lipinski definition) is 3. The first-order valence-electron chi connectivity index (χ1n) is 9.38. The van der Waals surface area contributed by atoms with Gasteiger partial charge >= 0.3 is 0 Å². The number of benzene rings is 3. The lowest BCUT2D eigenvalue weighted by Gasteiger charge is -2.18. The second-order valence-electron chi connectivity index (χ2n) is 6.82. The fourth-order valence-electron chi connectivity index (χ4n) is 3.29. The third-order valence-electron chi connectivity index (χ3n) is 4.82. The van der Waals surface area contributed by atoms with Gasteiger partial charge in [-0.3, -0.25) is 4.79 Å². The van der Waals surface area contributed by atoms with Gasteiger partial charge in [-0.1, -0.05) is 48.5 Å². The largest absolute Gasteiger partial charge is 0.384 e.